The van der Waals surface area contributed by atoms with Gasteiger partial charge < -0.3 is 10.2 Å². The summed E-state index contributed by atoms with van der Waals surface area (Å²) in [7, 11) is 0. The van der Waals surface area contributed by atoms with Crippen molar-refractivity contribution < 1.29 is 4.39 Å². The molecule has 1 N–H and O–H groups in total. The molecule has 1 fully saturated rings. The number of nitrogens with one attached hydrogen (secondary N) is 1. The van der Waals surface area contributed by atoms with Crippen molar-refractivity contribution in [1.82, 2.24) is 5.32 Å². The van der Waals surface area contributed by atoms with Crippen molar-refractivity contribution in [2.45, 2.75) is 25.8 Å². The number of benzene rings is 1. The first-order chi connectivity index (χ1) is 8.00. The van der Waals surface area contributed by atoms with Crippen LogP contribution in [0.4, 0.5) is 10.1 Å². The summed E-state index contributed by atoms with van der Waals surface area (Å²) >= 11 is 5.85. The minimum absolute atomic E-state index is 0.0602. The Kier molecular flexibility index (Phi) is 3.59. The van der Waals surface area contributed by atoms with Crippen LogP contribution in [0, 0.1) is 5.82 Å². The van der Waals surface area contributed by atoms with Crippen molar-refractivity contribution in [3.63, 3.8) is 0 Å². The van der Waals surface area contributed by atoms with Crippen LogP contribution in [0.1, 0.15) is 20.3 Å². The van der Waals surface area contributed by atoms with Crippen molar-refractivity contribution in [2.75, 3.05) is 24.5 Å². The molecule has 0 unspecified atom stereocenters. The number of hydrogen-bond donors (Lipinski definition) is 1. The summed E-state index contributed by atoms with van der Waals surface area (Å²) in [6.07, 6.45) is 1.06. The van der Waals surface area contributed by atoms with Crippen LogP contribution in [0.2, 0.25) is 5.02 Å². The van der Waals surface area contributed by atoms with E-state index in [2.05, 4.69) is 24.1 Å². The van der Waals surface area contributed by atoms with Crippen LogP contribution in [0.5, 0.6) is 0 Å². The Balaban J connectivity index is 2.32. The molecular weight excluding hydrogens is 239 g/mol. The molecule has 94 valence electrons. The van der Waals surface area contributed by atoms with Gasteiger partial charge in [-0.2, -0.15) is 0 Å². The molecular formula is C13H18ClFN2. The molecule has 0 saturated carbocycles. The normalized spacial score (nSPS) is 20.1. The van der Waals surface area contributed by atoms with Crippen molar-refractivity contribution in [3.8, 4) is 0 Å². The molecule has 1 heterocycles. The molecule has 17 heavy (non-hydrogen) atoms. The summed E-state index contributed by atoms with van der Waals surface area (Å²) in [6, 6.07) is 4.95. The van der Waals surface area contributed by atoms with Crippen LogP contribution in [0.25, 0.3) is 0 Å². The van der Waals surface area contributed by atoms with Gasteiger partial charge in [-0.15, -0.1) is 0 Å². The minimum atomic E-state index is -0.360. The third kappa shape index (κ3) is 2.72. The van der Waals surface area contributed by atoms with E-state index in [4.69, 9.17) is 11.6 Å². The van der Waals surface area contributed by atoms with E-state index in [0.29, 0.717) is 0 Å². The van der Waals surface area contributed by atoms with E-state index in [1.807, 2.05) is 0 Å². The third-order valence-corrected chi connectivity index (χ3v) is 3.66. The van der Waals surface area contributed by atoms with Crippen LogP contribution in [-0.4, -0.2) is 25.2 Å². The molecule has 1 aliphatic heterocycles. The van der Waals surface area contributed by atoms with E-state index in [1.54, 1.807) is 12.1 Å². The number of anilines is 1. The molecule has 0 aliphatic carbocycles. The van der Waals surface area contributed by atoms with Crippen LogP contribution < -0.4 is 10.2 Å². The minimum Gasteiger partial charge on any atom is -0.365 e. The molecule has 1 aliphatic rings. The van der Waals surface area contributed by atoms with Crippen LogP contribution in [0.3, 0.4) is 0 Å². The summed E-state index contributed by atoms with van der Waals surface area (Å²) in [4.78, 5) is 2.29. The second-order valence-corrected chi connectivity index (χ2v) is 5.47. The quantitative estimate of drug-likeness (QED) is 0.831. The van der Waals surface area contributed by atoms with Crippen molar-refractivity contribution in [3.05, 3.63) is 29.0 Å². The van der Waals surface area contributed by atoms with Gasteiger partial charge in [-0.1, -0.05) is 11.6 Å². The van der Waals surface area contributed by atoms with Crippen molar-refractivity contribution in [2.24, 2.45) is 0 Å². The molecule has 0 atom stereocenters. The lowest BCUT2D eigenvalue weighted by atomic mass is 9.98. The number of halogens is 2. The second-order valence-electron chi connectivity index (χ2n) is 5.06. The smallest absolute Gasteiger partial charge is 0.141 e. The molecule has 0 spiro atoms. The molecule has 1 saturated heterocycles. The maximum absolute atomic E-state index is 13.2. The van der Waals surface area contributed by atoms with Gasteiger partial charge in [0.05, 0.1) is 5.02 Å². The van der Waals surface area contributed by atoms with Crippen LogP contribution in [-0.2, 0) is 0 Å². The third-order valence-electron chi connectivity index (χ3n) is 3.37. The summed E-state index contributed by atoms with van der Waals surface area (Å²) in [5.74, 6) is -0.360. The molecule has 0 radical (unpaired) electrons. The summed E-state index contributed by atoms with van der Waals surface area (Å²) in [5.41, 5.74) is 1.05. The van der Waals surface area contributed by atoms with Gasteiger partial charge in [0.1, 0.15) is 5.82 Å². The Hall–Kier alpha value is -0.800. The van der Waals surface area contributed by atoms with E-state index in [9.17, 15) is 4.39 Å². The first-order valence-electron chi connectivity index (χ1n) is 5.94. The lowest BCUT2D eigenvalue weighted by Crippen LogP contribution is -2.44. The van der Waals surface area contributed by atoms with Crippen LogP contribution in [0.15, 0.2) is 18.2 Å². The maximum Gasteiger partial charge on any atom is 0.141 e. The van der Waals surface area contributed by atoms with Gasteiger partial charge in [0.2, 0.25) is 0 Å². The van der Waals surface area contributed by atoms with E-state index in [1.165, 1.54) is 6.07 Å². The molecule has 1 aromatic carbocycles. The molecule has 1 aromatic rings. The molecule has 0 bridgehead atoms. The highest BCUT2D eigenvalue weighted by atomic mass is 35.5. The van der Waals surface area contributed by atoms with Gasteiger partial charge in [0, 0.05) is 24.3 Å². The Labute approximate surface area is 107 Å². The second kappa shape index (κ2) is 4.83. The van der Waals surface area contributed by atoms with Crippen LogP contribution >= 0.6 is 11.6 Å². The molecule has 2 rings (SSSR count). The van der Waals surface area contributed by atoms with Gasteiger partial charge in [-0.05, 0) is 45.0 Å². The molecule has 0 amide bonds. The fourth-order valence-corrected chi connectivity index (χ4v) is 2.45. The van der Waals surface area contributed by atoms with E-state index < -0.39 is 0 Å². The van der Waals surface area contributed by atoms with E-state index in [-0.39, 0.29) is 16.4 Å². The molecule has 4 heteroatoms. The van der Waals surface area contributed by atoms with Crippen molar-refractivity contribution >= 4 is 17.3 Å². The summed E-state index contributed by atoms with van der Waals surface area (Å²) in [5, 5.41) is 3.57. The predicted molar refractivity (Wildman–Crippen MR) is 70.3 cm³/mol. The highest BCUT2D eigenvalue weighted by Gasteiger charge is 2.28. The molecule has 2 nitrogen and oxygen atoms in total. The fourth-order valence-electron chi connectivity index (χ4n) is 2.28. The predicted octanol–water partition coefficient (Wildman–Crippen LogP) is 3.06. The van der Waals surface area contributed by atoms with Crippen molar-refractivity contribution in [1.29, 1.82) is 0 Å². The standard InChI is InChI=1S/C13H18ClFN2/c1-13(2)5-6-16-7-8-17(13)10-3-4-12(15)11(14)9-10/h3-4,9,16H,5-8H2,1-2H3. The first kappa shape index (κ1) is 12.7. The van der Waals surface area contributed by atoms with Gasteiger partial charge in [0.15, 0.2) is 0 Å². The zero-order chi connectivity index (χ0) is 12.5. The number of nitrogens with zero attached hydrogens (tertiary/aromatic N) is 1. The average molecular weight is 257 g/mol. The zero-order valence-electron chi connectivity index (χ0n) is 10.3. The Morgan fingerprint density at radius 3 is 2.82 bits per heavy atom. The van der Waals surface area contributed by atoms with Gasteiger partial charge in [-0.3, -0.25) is 0 Å². The van der Waals surface area contributed by atoms with Gasteiger partial charge in [0.25, 0.3) is 0 Å². The molecule has 0 aromatic heterocycles. The van der Waals surface area contributed by atoms with Gasteiger partial charge in [-0.25, -0.2) is 4.39 Å². The zero-order valence-corrected chi connectivity index (χ0v) is 11.0. The number of rotatable bonds is 1. The summed E-state index contributed by atoms with van der Waals surface area (Å²) < 4.78 is 13.2. The number of hydrogen-bond acceptors (Lipinski definition) is 2. The average Bonchev–Trinajstić information content (AvgIpc) is 2.43. The first-order valence-corrected chi connectivity index (χ1v) is 6.32. The Morgan fingerprint density at radius 2 is 2.12 bits per heavy atom. The van der Waals surface area contributed by atoms with E-state index >= 15 is 0 Å². The lowest BCUT2D eigenvalue weighted by molar-refractivity contribution is 0.453. The monoisotopic (exact) mass is 256 g/mol. The largest absolute Gasteiger partial charge is 0.365 e. The Bertz CT molecular complexity index is 406. The SMILES string of the molecule is CC1(C)CCNCCN1c1ccc(F)c(Cl)c1. The topological polar surface area (TPSA) is 15.3 Å². The van der Waals surface area contributed by atoms with E-state index in [0.717, 1.165) is 31.7 Å². The maximum atomic E-state index is 13.2. The fraction of sp³-hybridized carbons (Fsp3) is 0.538. The highest BCUT2D eigenvalue weighted by molar-refractivity contribution is 6.31. The summed E-state index contributed by atoms with van der Waals surface area (Å²) in [6.45, 7) is 7.28. The highest BCUT2D eigenvalue weighted by Crippen LogP contribution is 2.30. The Morgan fingerprint density at radius 1 is 1.35 bits per heavy atom. The lowest BCUT2D eigenvalue weighted by Gasteiger charge is -2.39. The van der Waals surface area contributed by atoms with Gasteiger partial charge >= 0.3 is 0 Å².